The number of ether oxygens (including phenoxy) is 1. The number of carbonyl (C=O) groups is 1. The van der Waals surface area contributed by atoms with E-state index >= 15 is 0 Å². The Bertz CT molecular complexity index is 558. The van der Waals surface area contributed by atoms with Crippen LogP contribution < -0.4 is 5.73 Å². The number of halogens is 2. The summed E-state index contributed by atoms with van der Waals surface area (Å²) >= 11 is 0. The summed E-state index contributed by atoms with van der Waals surface area (Å²) in [7, 11) is 0. The van der Waals surface area contributed by atoms with Crippen molar-refractivity contribution in [1.82, 2.24) is 4.90 Å². The number of hydrogen-bond donors (Lipinski definition) is 1. The maximum absolute atomic E-state index is 13.4. The van der Waals surface area contributed by atoms with Gasteiger partial charge in [-0.2, -0.15) is 0 Å². The molecule has 1 aliphatic heterocycles. The molecule has 122 valence electrons. The quantitative estimate of drug-likeness (QED) is 0.867. The highest BCUT2D eigenvalue weighted by Crippen LogP contribution is 2.29. The molecule has 2 atom stereocenters. The summed E-state index contributed by atoms with van der Waals surface area (Å²) in [5.74, 6) is -1.85. The lowest BCUT2D eigenvalue weighted by molar-refractivity contribution is 0.0186. The second-order valence-electron chi connectivity index (χ2n) is 6.66. The van der Waals surface area contributed by atoms with E-state index in [1.54, 1.807) is 31.7 Å². The number of amides is 1. The van der Waals surface area contributed by atoms with Crippen molar-refractivity contribution in [2.75, 3.05) is 13.1 Å². The van der Waals surface area contributed by atoms with Crippen LogP contribution in [0, 0.1) is 11.6 Å². The third kappa shape index (κ3) is 3.94. The van der Waals surface area contributed by atoms with Gasteiger partial charge in [-0.05, 0) is 44.9 Å². The van der Waals surface area contributed by atoms with Crippen molar-refractivity contribution in [2.45, 2.75) is 44.8 Å². The zero-order valence-corrected chi connectivity index (χ0v) is 13.1. The maximum atomic E-state index is 13.4. The highest BCUT2D eigenvalue weighted by atomic mass is 19.2. The Kier molecular flexibility index (Phi) is 4.70. The van der Waals surface area contributed by atoms with Gasteiger partial charge in [0.2, 0.25) is 0 Å². The molecule has 0 bridgehead atoms. The summed E-state index contributed by atoms with van der Waals surface area (Å²) in [5.41, 5.74) is 6.23. The zero-order chi connectivity index (χ0) is 16.5. The van der Waals surface area contributed by atoms with E-state index in [-0.39, 0.29) is 12.0 Å². The summed E-state index contributed by atoms with van der Waals surface area (Å²) < 4.78 is 31.7. The first kappa shape index (κ1) is 16.7. The molecule has 0 aromatic heterocycles. The molecule has 4 nitrogen and oxygen atoms in total. The van der Waals surface area contributed by atoms with Gasteiger partial charge in [0.25, 0.3) is 0 Å². The Labute approximate surface area is 129 Å². The summed E-state index contributed by atoms with van der Waals surface area (Å²) in [6.07, 6.45) is 0.192. The molecular weight excluding hydrogens is 290 g/mol. The van der Waals surface area contributed by atoms with Gasteiger partial charge in [-0.1, -0.05) is 6.07 Å². The fraction of sp³-hybridized carbons (Fsp3) is 0.562. The van der Waals surface area contributed by atoms with Crippen molar-refractivity contribution in [2.24, 2.45) is 5.73 Å². The number of hydrogen-bond acceptors (Lipinski definition) is 3. The van der Waals surface area contributed by atoms with E-state index in [9.17, 15) is 13.6 Å². The van der Waals surface area contributed by atoms with Crippen LogP contribution in [0.5, 0.6) is 0 Å². The number of nitrogens with two attached hydrogens (primary N) is 1. The minimum atomic E-state index is -0.876. The Morgan fingerprint density at radius 2 is 2.00 bits per heavy atom. The predicted molar refractivity (Wildman–Crippen MR) is 79.5 cm³/mol. The van der Waals surface area contributed by atoms with Crippen molar-refractivity contribution in [1.29, 1.82) is 0 Å². The number of carbonyl (C=O) groups excluding carboxylic acids is 1. The van der Waals surface area contributed by atoms with E-state index in [0.29, 0.717) is 25.1 Å². The van der Waals surface area contributed by atoms with Crippen LogP contribution in [0.3, 0.4) is 0 Å². The van der Waals surface area contributed by atoms with Crippen LogP contribution in [-0.2, 0) is 4.74 Å². The van der Waals surface area contributed by atoms with Crippen molar-refractivity contribution < 1.29 is 18.3 Å². The van der Waals surface area contributed by atoms with Crippen LogP contribution in [0.2, 0.25) is 0 Å². The van der Waals surface area contributed by atoms with Gasteiger partial charge in [0.15, 0.2) is 11.6 Å². The Morgan fingerprint density at radius 1 is 1.32 bits per heavy atom. The summed E-state index contributed by atoms with van der Waals surface area (Å²) in [6.45, 7) is 6.22. The van der Waals surface area contributed by atoms with E-state index in [1.807, 2.05) is 0 Å². The summed E-state index contributed by atoms with van der Waals surface area (Å²) in [5, 5.41) is 0. The fourth-order valence-corrected chi connectivity index (χ4v) is 2.63. The molecule has 0 saturated carbocycles. The number of nitrogens with zero attached hydrogens (tertiary/aromatic N) is 1. The average Bonchev–Trinajstić information content (AvgIpc) is 2.40. The Morgan fingerprint density at radius 3 is 2.55 bits per heavy atom. The lowest BCUT2D eigenvalue weighted by Gasteiger charge is -2.37. The van der Waals surface area contributed by atoms with E-state index in [1.165, 1.54) is 6.07 Å². The van der Waals surface area contributed by atoms with Gasteiger partial charge in [-0.25, -0.2) is 13.6 Å². The molecule has 2 N–H and O–H groups in total. The minimum Gasteiger partial charge on any atom is -0.444 e. The molecule has 1 aromatic carbocycles. The lowest BCUT2D eigenvalue weighted by atomic mass is 9.86. The van der Waals surface area contributed by atoms with Crippen molar-refractivity contribution in [3.8, 4) is 0 Å². The topological polar surface area (TPSA) is 55.6 Å². The SMILES string of the molecule is CC(C)(C)OC(=O)N1CC[C@@H](c2ccc(F)c(F)c2)[C@H](N)C1. The van der Waals surface area contributed by atoms with E-state index in [4.69, 9.17) is 10.5 Å². The molecule has 2 rings (SSSR count). The van der Waals surface area contributed by atoms with Crippen LogP contribution in [-0.4, -0.2) is 35.7 Å². The van der Waals surface area contributed by atoms with Crippen LogP contribution in [0.15, 0.2) is 18.2 Å². The number of likely N-dealkylation sites (tertiary alicyclic amines) is 1. The van der Waals surface area contributed by atoms with Gasteiger partial charge >= 0.3 is 6.09 Å². The molecule has 1 amide bonds. The highest BCUT2D eigenvalue weighted by molar-refractivity contribution is 5.68. The van der Waals surface area contributed by atoms with E-state index in [0.717, 1.165) is 6.07 Å². The summed E-state index contributed by atoms with van der Waals surface area (Å²) in [4.78, 5) is 13.6. The third-order valence-electron chi connectivity index (χ3n) is 3.68. The molecule has 0 unspecified atom stereocenters. The molecule has 1 aromatic rings. The van der Waals surface area contributed by atoms with Gasteiger partial charge in [0.05, 0.1) is 0 Å². The predicted octanol–water partition coefficient (Wildman–Crippen LogP) is 3.02. The number of piperidine rings is 1. The first-order chi connectivity index (χ1) is 10.2. The van der Waals surface area contributed by atoms with Crippen LogP contribution in [0.4, 0.5) is 13.6 Å². The zero-order valence-electron chi connectivity index (χ0n) is 13.1. The standard InChI is InChI=1S/C16H22F2N2O2/c1-16(2,3)22-15(21)20-7-6-11(14(19)9-20)10-4-5-12(17)13(18)8-10/h4-5,8,11,14H,6-7,9,19H2,1-3H3/t11-,14+/m0/s1. The molecule has 0 aliphatic carbocycles. The first-order valence-electron chi connectivity index (χ1n) is 7.36. The molecule has 0 radical (unpaired) electrons. The maximum Gasteiger partial charge on any atom is 0.410 e. The van der Waals surface area contributed by atoms with E-state index in [2.05, 4.69) is 0 Å². The molecule has 0 spiro atoms. The van der Waals surface area contributed by atoms with Gasteiger partial charge in [-0.15, -0.1) is 0 Å². The Balaban J connectivity index is 2.03. The average molecular weight is 312 g/mol. The van der Waals surface area contributed by atoms with Crippen LogP contribution in [0.25, 0.3) is 0 Å². The third-order valence-corrected chi connectivity index (χ3v) is 3.68. The monoisotopic (exact) mass is 312 g/mol. The lowest BCUT2D eigenvalue weighted by Crippen LogP contribution is -2.50. The van der Waals surface area contributed by atoms with Gasteiger partial charge in [0, 0.05) is 25.0 Å². The van der Waals surface area contributed by atoms with Gasteiger partial charge in [-0.3, -0.25) is 0 Å². The van der Waals surface area contributed by atoms with Crippen molar-refractivity contribution in [3.63, 3.8) is 0 Å². The molecular formula is C16H22F2N2O2. The van der Waals surface area contributed by atoms with Crippen molar-refractivity contribution >= 4 is 6.09 Å². The number of rotatable bonds is 1. The second-order valence-corrected chi connectivity index (χ2v) is 6.66. The smallest absolute Gasteiger partial charge is 0.410 e. The molecule has 1 saturated heterocycles. The van der Waals surface area contributed by atoms with Gasteiger partial charge in [0.1, 0.15) is 5.60 Å². The van der Waals surface area contributed by atoms with Gasteiger partial charge < -0.3 is 15.4 Å². The molecule has 22 heavy (non-hydrogen) atoms. The number of benzene rings is 1. The first-order valence-corrected chi connectivity index (χ1v) is 7.36. The van der Waals surface area contributed by atoms with E-state index < -0.39 is 23.3 Å². The normalized spacial score (nSPS) is 22.5. The second kappa shape index (κ2) is 6.20. The van der Waals surface area contributed by atoms with Crippen LogP contribution in [0.1, 0.15) is 38.7 Å². The Hall–Kier alpha value is -1.69. The summed E-state index contributed by atoms with van der Waals surface area (Å²) in [6, 6.07) is 3.50. The van der Waals surface area contributed by atoms with Crippen LogP contribution >= 0.6 is 0 Å². The fourth-order valence-electron chi connectivity index (χ4n) is 2.63. The molecule has 1 fully saturated rings. The van der Waals surface area contributed by atoms with Crippen molar-refractivity contribution in [3.05, 3.63) is 35.4 Å². The largest absolute Gasteiger partial charge is 0.444 e. The molecule has 1 aliphatic rings. The molecule has 6 heteroatoms. The highest BCUT2D eigenvalue weighted by Gasteiger charge is 2.32. The molecule has 1 heterocycles. The minimum absolute atomic E-state index is 0.103.